The molecule has 56 valence electrons. The van der Waals surface area contributed by atoms with Gasteiger partial charge in [0.05, 0.1) is 5.69 Å². The van der Waals surface area contributed by atoms with E-state index >= 15 is 0 Å². The maximum atomic E-state index is 12.5. The summed E-state index contributed by atoms with van der Waals surface area (Å²) in [5.41, 5.74) is 3.17. The van der Waals surface area contributed by atoms with Gasteiger partial charge in [0.1, 0.15) is 0 Å². The highest BCUT2D eigenvalue weighted by Gasteiger charge is 2.10. The third-order valence-corrected chi connectivity index (χ3v) is 1.83. The lowest BCUT2D eigenvalue weighted by molar-refractivity contribution is 0.582. The normalized spacial score (nSPS) is 14.5. The van der Waals surface area contributed by atoms with Crippen LogP contribution in [0.25, 0.3) is 6.08 Å². The minimum absolute atomic E-state index is 0.394. The quantitative estimate of drug-likeness (QED) is 0.515. The molecule has 1 aromatic rings. The van der Waals surface area contributed by atoms with Gasteiger partial charge in [-0.1, -0.05) is 11.6 Å². The van der Waals surface area contributed by atoms with E-state index in [-0.39, 0.29) is 0 Å². The molecule has 2 rings (SSSR count). The van der Waals surface area contributed by atoms with E-state index in [9.17, 15) is 4.39 Å². The van der Waals surface area contributed by atoms with Gasteiger partial charge in [-0.2, -0.15) is 4.39 Å². The molecule has 0 bridgehead atoms. The summed E-state index contributed by atoms with van der Waals surface area (Å²) in [7, 11) is 0. The number of fused-ring (bicyclic) bond motifs is 1. The molecule has 1 aliphatic carbocycles. The molecule has 0 saturated heterocycles. The van der Waals surface area contributed by atoms with E-state index in [4.69, 9.17) is 0 Å². The van der Waals surface area contributed by atoms with Gasteiger partial charge in [0.25, 0.3) is 0 Å². The molecule has 0 amide bonds. The first-order valence-electron chi connectivity index (χ1n) is 3.58. The highest BCUT2D eigenvalue weighted by Crippen LogP contribution is 2.22. The number of allylic oxidation sites excluding steroid dienone is 1. The predicted octanol–water partition coefficient (Wildman–Crippen LogP) is 2.18. The van der Waals surface area contributed by atoms with Crippen molar-refractivity contribution in [1.29, 1.82) is 0 Å². The van der Waals surface area contributed by atoms with E-state index in [0.717, 1.165) is 17.7 Å². The molecule has 0 spiro atoms. The first-order chi connectivity index (χ1) is 5.25. The zero-order valence-corrected chi connectivity index (χ0v) is 6.26. The number of rotatable bonds is 0. The smallest absolute Gasteiger partial charge is 0.213 e. The van der Waals surface area contributed by atoms with Gasteiger partial charge in [-0.05, 0) is 31.1 Å². The van der Waals surface area contributed by atoms with Crippen molar-refractivity contribution in [2.24, 2.45) is 0 Å². The number of hydrogen-bond acceptors (Lipinski definition) is 1. The fourth-order valence-electron chi connectivity index (χ4n) is 1.34. The monoisotopic (exact) mass is 149 g/mol. The summed E-state index contributed by atoms with van der Waals surface area (Å²) in [6, 6.07) is 3.20. The van der Waals surface area contributed by atoms with Crippen LogP contribution < -0.4 is 0 Å². The van der Waals surface area contributed by atoms with Crippen molar-refractivity contribution in [1.82, 2.24) is 4.98 Å². The van der Waals surface area contributed by atoms with Crippen LogP contribution in [-0.4, -0.2) is 4.98 Å². The Hall–Kier alpha value is -1.18. The molecular formula is C9H8FN. The topological polar surface area (TPSA) is 12.9 Å². The van der Waals surface area contributed by atoms with Gasteiger partial charge in [0.2, 0.25) is 5.95 Å². The molecule has 1 nitrogen and oxygen atoms in total. The first kappa shape index (κ1) is 6.53. The number of pyridine rings is 1. The molecule has 0 unspecified atom stereocenters. The molecule has 0 radical (unpaired) electrons. The number of hydrogen-bond donors (Lipinski definition) is 0. The lowest BCUT2D eigenvalue weighted by Crippen LogP contribution is -1.89. The molecule has 1 aliphatic rings. The Labute approximate surface area is 64.6 Å². The Kier molecular flexibility index (Phi) is 1.28. The van der Waals surface area contributed by atoms with Gasteiger partial charge in [-0.3, -0.25) is 0 Å². The molecule has 2 heteroatoms. The van der Waals surface area contributed by atoms with Crippen molar-refractivity contribution in [3.63, 3.8) is 0 Å². The fraction of sp³-hybridized carbons (Fsp3) is 0.222. The van der Waals surface area contributed by atoms with E-state index < -0.39 is 5.95 Å². The molecular weight excluding hydrogens is 141 g/mol. The maximum absolute atomic E-state index is 12.5. The van der Waals surface area contributed by atoms with E-state index in [2.05, 4.69) is 4.98 Å². The summed E-state index contributed by atoms with van der Waals surface area (Å²) in [4.78, 5) is 3.76. The molecule has 0 aliphatic heterocycles. The Morgan fingerprint density at radius 3 is 3.09 bits per heavy atom. The second-order valence-electron chi connectivity index (χ2n) is 2.85. The zero-order chi connectivity index (χ0) is 7.84. The minimum atomic E-state index is -0.394. The average molecular weight is 149 g/mol. The van der Waals surface area contributed by atoms with Crippen LogP contribution in [0.1, 0.15) is 18.2 Å². The van der Waals surface area contributed by atoms with Crippen molar-refractivity contribution in [2.75, 3.05) is 0 Å². The van der Waals surface area contributed by atoms with Crippen LogP contribution in [0.4, 0.5) is 4.39 Å². The number of halogens is 1. The average Bonchev–Trinajstić information content (AvgIpc) is 2.27. The van der Waals surface area contributed by atoms with E-state index in [0.29, 0.717) is 0 Å². The number of aromatic nitrogens is 1. The fourth-order valence-corrected chi connectivity index (χ4v) is 1.34. The molecule has 0 N–H and O–H groups in total. The van der Waals surface area contributed by atoms with Crippen molar-refractivity contribution < 1.29 is 4.39 Å². The molecule has 0 aromatic carbocycles. The Morgan fingerprint density at radius 2 is 2.27 bits per heavy atom. The van der Waals surface area contributed by atoms with Crippen LogP contribution in [-0.2, 0) is 6.42 Å². The van der Waals surface area contributed by atoms with Crippen molar-refractivity contribution >= 4 is 6.08 Å². The summed E-state index contributed by atoms with van der Waals surface area (Å²) in [6.45, 7) is 2.03. The van der Waals surface area contributed by atoms with Crippen LogP contribution in [0, 0.1) is 5.95 Å². The van der Waals surface area contributed by atoms with Gasteiger partial charge in [-0.25, -0.2) is 4.98 Å². The second kappa shape index (κ2) is 2.16. The minimum Gasteiger partial charge on any atom is -0.220 e. The van der Waals surface area contributed by atoms with E-state index in [1.165, 1.54) is 11.6 Å². The predicted molar refractivity (Wildman–Crippen MR) is 41.6 cm³/mol. The van der Waals surface area contributed by atoms with Crippen LogP contribution in [0.2, 0.25) is 0 Å². The maximum Gasteiger partial charge on any atom is 0.213 e. The highest BCUT2D eigenvalue weighted by atomic mass is 19.1. The third-order valence-electron chi connectivity index (χ3n) is 1.83. The van der Waals surface area contributed by atoms with Crippen molar-refractivity contribution in [3.05, 3.63) is 34.9 Å². The van der Waals surface area contributed by atoms with Gasteiger partial charge in [0.15, 0.2) is 0 Å². The van der Waals surface area contributed by atoms with Crippen molar-refractivity contribution in [3.8, 4) is 0 Å². The molecule has 0 atom stereocenters. The molecule has 11 heavy (non-hydrogen) atoms. The SMILES string of the molecule is CC1=Cc2nc(F)ccc2C1. The largest absolute Gasteiger partial charge is 0.220 e. The highest BCUT2D eigenvalue weighted by molar-refractivity contribution is 5.59. The van der Waals surface area contributed by atoms with Gasteiger partial charge < -0.3 is 0 Å². The standard InChI is InChI=1S/C9H8FN/c1-6-4-7-2-3-9(10)11-8(7)5-6/h2-3,5H,4H2,1H3. The van der Waals surface area contributed by atoms with Gasteiger partial charge in [-0.15, -0.1) is 0 Å². The van der Waals surface area contributed by atoms with Crippen molar-refractivity contribution in [2.45, 2.75) is 13.3 Å². The lowest BCUT2D eigenvalue weighted by Gasteiger charge is -1.95. The lowest BCUT2D eigenvalue weighted by atomic mass is 10.2. The van der Waals surface area contributed by atoms with Crippen LogP contribution in [0.3, 0.4) is 0 Å². The Bertz CT molecular complexity index is 328. The second-order valence-corrected chi connectivity index (χ2v) is 2.85. The Balaban J connectivity index is 2.54. The van der Waals surface area contributed by atoms with E-state index in [1.807, 2.05) is 13.0 Å². The summed E-state index contributed by atoms with van der Waals surface area (Å²) in [6.07, 6.45) is 2.85. The van der Waals surface area contributed by atoms with Crippen LogP contribution in [0.15, 0.2) is 17.7 Å². The van der Waals surface area contributed by atoms with Crippen LogP contribution in [0.5, 0.6) is 0 Å². The summed E-state index contributed by atoms with van der Waals surface area (Å²) >= 11 is 0. The van der Waals surface area contributed by atoms with Crippen LogP contribution >= 0.6 is 0 Å². The summed E-state index contributed by atoms with van der Waals surface area (Å²) in [5, 5.41) is 0. The number of nitrogens with zero attached hydrogens (tertiary/aromatic N) is 1. The Morgan fingerprint density at radius 1 is 1.45 bits per heavy atom. The van der Waals surface area contributed by atoms with Gasteiger partial charge in [0, 0.05) is 0 Å². The summed E-state index contributed by atoms with van der Waals surface area (Å²) < 4.78 is 12.5. The molecule has 0 saturated carbocycles. The van der Waals surface area contributed by atoms with Gasteiger partial charge >= 0.3 is 0 Å². The van der Waals surface area contributed by atoms with E-state index in [1.54, 1.807) is 6.07 Å². The summed E-state index contributed by atoms with van der Waals surface area (Å²) in [5.74, 6) is -0.394. The first-order valence-corrected chi connectivity index (χ1v) is 3.58. The zero-order valence-electron chi connectivity index (χ0n) is 6.26. The third kappa shape index (κ3) is 1.04. The molecule has 0 fully saturated rings. The molecule has 1 heterocycles. The molecule has 1 aromatic heterocycles.